The highest BCUT2D eigenvalue weighted by atomic mass is 32.2. The fourth-order valence-electron chi connectivity index (χ4n) is 3.77. The topological polar surface area (TPSA) is 83.1 Å². The molecule has 2 saturated heterocycles. The first-order valence-corrected chi connectivity index (χ1v) is 9.97. The molecule has 0 saturated carbocycles. The third-order valence-electron chi connectivity index (χ3n) is 5.00. The number of aromatic nitrogens is 1. The van der Waals surface area contributed by atoms with Crippen molar-refractivity contribution in [2.75, 3.05) is 5.32 Å². The lowest BCUT2D eigenvalue weighted by atomic mass is 9.95. The molecule has 2 amide bonds. The Labute approximate surface area is 162 Å². The molecule has 0 unspecified atom stereocenters. The average molecular weight is 382 g/mol. The highest BCUT2D eigenvalue weighted by molar-refractivity contribution is 7.99. The predicted octanol–water partition coefficient (Wildman–Crippen LogP) is 2.81. The van der Waals surface area contributed by atoms with Crippen molar-refractivity contribution in [2.45, 2.75) is 54.1 Å². The van der Waals surface area contributed by atoms with Crippen molar-refractivity contribution in [1.82, 2.24) is 15.6 Å². The highest BCUT2D eigenvalue weighted by Gasteiger charge is 2.39. The first kappa shape index (κ1) is 18.0. The Morgan fingerprint density at radius 1 is 1.15 bits per heavy atom. The third-order valence-corrected chi connectivity index (χ3v) is 6.00. The number of nitrogens with one attached hydrogen (secondary N) is 3. The van der Waals surface area contributed by atoms with E-state index in [1.54, 1.807) is 18.0 Å². The Balaban J connectivity index is 1.37. The summed E-state index contributed by atoms with van der Waals surface area (Å²) in [5.41, 5.74) is 0.677. The van der Waals surface area contributed by atoms with Gasteiger partial charge < -0.3 is 16.0 Å². The molecule has 2 fully saturated rings. The number of hydrogen-bond acceptors (Lipinski definition) is 5. The van der Waals surface area contributed by atoms with Crippen molar-refractivity contribution in [3.05, 3.63) is 48.2 Å². The van der Waals surface area contributed by atoms with Gasteiger partial charge in [0.15, 0.2) is 0 Å². The molecule has 4 rings (SSSR count). The van der Waals surface area contributed by atoms with Crippen LogP contribution >= 0.6 is 11.8 Å². The van der Waals surface area contributed by atoms with Crippen LogP contribution in [0.25, 0.3) is 0 Å². The van der Waals surface area contributed by atoms with Gasteiger partial charge in [-0.1, -0.05) is 11.8 Å². The summed E-state index contributed by atoms with van der Waals surface area (Å²) < 4.78 is 0. The van der Waals surface area contributed by atoms with Crippen LogP contribution in [0.3, 0.4) is 0 Å². The minimum absolute atomic E-state index is 0.0113. The Hall–Kier alpha value is -2.38. The molecule has 0 spiro atoms. The van der Waals surface area contributed by atoms with Crippen LogP contribution in [0.1, 0.15) is 36.5 Å². The zero-order chi connectivity index (χ0) is 18.8. The molecule has 7 heteroatoms. The molecule has 3 heterocycles. The van der Waals surface area contributed by atoms with Crippen molar-refractivity contribution in [3.63, 3.8) is 0 Å². The van der Waals surface area contributed by atoms with Crippen molar-refractivity contribution in [3.8, 4) is 0 Å². The van der Waals surface area contributed by atoms with Crippen LogP contribution in [0.15, 0.2) is 52.4 Å². The number of fused-ring (bicyclic) bond motifs is 2. The van der Waals surface area contributed by atoms with E-state index < -0.39 is 0 Å². The molecule has 0 radical (unpaired) electrons. The molecule has 27 heavy (non-hydrogen) atoms. The summed E-state index contributed by atoms with van der Waals surface area (Å²) in [6, 6.07) is 12.6. The maximum absolute atomic E-state index is 12.5. The lowest BCUT2D eigenvalue weighted by Crippen LogP contribution is -2.42. The van der Waals surface area contributed by atoms with Gasteiger partial charge in [0.25, 0.3) is 5.91 Å². The molecule has 2 aromatic rings. The summed E-state index contributed by atoms with van der Waals surface area (Å²) in [4.78, 5) is 29.8. The molecule has 6 nitrogen and oxygen atoms in total. The second kappa shape index (κ2) is 7.70. The number of nitrogens with zero attached hydrogens (tertiary/aromatic N) is 1. The van der Waals surface area contributed by atoms with Gasteiger partial charge in [-0.15, -0.1) is 0 Å². The summed E-state index contributed by atoms with van der Waals surface area (Å²) in [6.45, 7) is 1.46. The van der Waals surface area contributed by atoms with Gasteiger partial charge in [-0.25, -0.2) is 4.98 Å². The number of anilines is 1. The maximum atomic E-state index is 12.5. The molecule has 3 N–H and O–H groups in total. The number of hydrogen-bond donors (Lipinski definition) is 3. The van der Waals surface area contributed by atoms with E-state index in [1.807, 2.05) is 36.4 Å². The van der Waals surface area contributed by atoms with Gasteiger partial charge in [0, 0.05) is 46.6 Å². The van der Waals surface area contributed by atoms with Crippen LogP contribution in [0.4, 0.5) is 5.82 Å². The van der Waals surface area contributed by atoms with Gasteiger partial charge in [-0.2, -0.15) is 0 Å². The molecular weight excluding hydrogens is 360 g/mol. The Morgan fingerprint density at radius 2 is 1.96 bits per heavy atom. The number of benzene rings is 1. The van der Waals surface area contributed by atoms with E-state index >= 15 is 0 Å². The molecular formula is C20H22N4O2S. The third kappa shape index (κ3) is 4.31. The summed E-state index contributed by atoms with van der Waals surface area (Å²) in [5, 5.41) is 9.38. The van der Waals surface area contributed by atoms with Crippen LogP contribution in [0, 0.1) is 0 Å². The van der Waals surface area contributed by atoms with E-state index in [9.17, 15) is 9.59 Å². The van der Waals surface area contributed by atoms with Gasteiger partial charge in [-0.05, 0) is 55.7 Å². The molecule has 2 aliphatic rings. The first-order valence-electron chi connectivity index (χ1n) is 9.15. The second-order valence-electron chi connectivity index (χ2n) is 7.05. The van der Waals surface area contributed by atoms with Crippen LogP contribution in [-0.4, -0.2) is 34.9 Å². The van der Waals surface area contributed by atoms with E-state index in [1.165, 1.54) is 13.3 Å². The van der Waals surface area contributed by atoms with Gasteiger partial charge in [0.1, 0.15) is 5.82 Å². The Bertz CT molecular complexity index is 855. The van der Waals surface area contributed by atoms with Crippen LogP contribution in [-0.2, 0) is 4.79 Å². The first-order chi connectivity index (χ1) is 13.1. The number of carbonyl (C=O) groups excluding carboxylic acids is 2. The van der Waals surface area contributed by atoms with E-state index in [2.05, 4.69) is 20.9 Å². The smallest absolute Gasteiger partial charge is 0.251 e. The molecule has 1 aromatic heterocycles. The number of pyridine rings is 1. The van der Waals surface area contributed by atoms with Gasteiger partial charge >= 0.3 is 0 Å². The Morgan fingerprint density at radius 3 is 2.63 bits per heavy atom. The number of amides is 2. The number of rotatable bonds is 5. The summed E-state index contributed by atoms with van der Waals surface area (Å²) in [5.74, 6) is 0.372. The lowest BCUT2D eigenvalue weighted by Gasteiger charge is -2.21. The normalized spacial score (nSPS) is 23.2. The minimum Gasteiger partial charge on any atom is -0.348 e. The highest BCUT2D eigenvalue weighted by Crippen LogP contribution is 2.30. The van der Waals surface area contributed by atoms with Crippen molar-refractivity contribution in [2.24, 2.45) is 0 Å². The second-order valence-corrected chi connectivity index (χ2v) is 8.19. The van der Waals surface area contributed by atoms with E-state index in [-0.39, 0.29) is 17.9 Å². The quantitative estimate of drug-likeness (QED) is 0.741. The van der Waals surface area contributed by atoms with Crippen LogP contribution in [0.2, 0.25) is 0 Å². The van der Waals surface area contributed by atoms with Gasteiger partial charge in [0.2, 0.25) is 5.91 Å². The summed E-state index contributed by atoms with van der Waals surface area (Å²) >= 11 is 1.56. The SMILES string of the molecule is CC(=O)Nc1cc(Sc2ccc(C(=O)N[C@@H]3C[C@H]4CC[C@@H]3N4)cc2)ccn1. The van der Waals surface area contributed by atoms with Gasteiger partial charge in [0.05, 0.1) is 0 Å². The van der Waals surface area contributed by atoms with E-state index in [4.69, 9.17) is 0 Å². The minimum atomic E-state index is -0.148. The average Bonchev–Trinajstić information content (AvgIpc) is 3.25. The molecule has 2 bridgehead atoms. The molecule has 1 aromatic carbocycles. The Kier molecular flexibility index (Phi) is 5.13. The molecule has 3 atom stereocenters. The van der Waals surface area contributed by atoms with Crippen LogP contribution < -0.4 is 16.0 Å². The fraction of sp³-hybridized carbons (Fsp3) is 0.350. The monoisotopic (exact) mass is 382 g/mol. The number of carbonyl (C=O) groups is 2. The van der Waals surface area contributed by atoms with Crippen molar-refractivity contribution in [1.29, 1.82) is 0 Å². The standard InChI is InChI=1S/C20H22N4O2S/c1-12(25)22-19-11-16(8-9-21-19)27-15-5-2-13(3-6-15)20(26)24-18-10-14-4-7-17(18)23-14/h2-3,5-6,8-9,11,14,17-18,23H,4,7,10H2,1H3,(H,24,26)(H,21,22,25)/t14-,17+,18-/m1/s1. The zero-order valence-electron chi connectivity index (χ0n) is 15.1. The van der Waals surface area contributed by atoms with E-state index in [0.29, 0.717) is 23.5 Å². The molecule has 2 aliphatic heterocycles. The van der Waals surface area contributed by atoms with Crippen molar-refractivity contribution < 1.29 is 9.59 Å². The van der Waals surface area contributed by atoms with Gasteiger partial charge in [-0.3, -0.25) is 9.59 Å². The maximum Gasteiger partial charge on any atom is 0.251 e. The van der Waals surface area contributed by atoms with E-state index in [0.717, 1.165) is 22.6 Å². The largest absolute Gasteiger partial charge is 0.348 e. The van der Waals surface area contributed by atoms with Crippen LogP contribution in [0.5, 0.6) is 0 Å². The lowest BCUT2D eigenvalue weighted by molar-refractivity contribution is -0.114. The summed E-state index contributed by atoms with van der Waals surface area (Å²) in [6.07, 6.45) is 5.07. The molecule has 140 valence electrons. The fourth-order valence-corrected chi connectivity index (χ4v) is 4.61. The zero-order valence-corrected chi connectivity index (χ0v) is 15.9. The summed E-state index contributed by atoms with van der Waals surface area (Å²) in [7, 11) is 0. The molecule has 0 aliphatic carbocycles. The van der Waals surface area contributed by atoms with Crippen molar-refractivity contribution >= 4 is 29.4 Å². The predicted molar refractivity (Wildman–Crippen MR) is 105 cm³/mol.